The summed E-state index contributed by atoms with van der Waals surface area (Å²) in [6.07, 6.45) is 0.412. The van der Waals surface area contributed by atoms with E-state index in [0.29, 0.717) is 24.2 Å². The van der Waals surface area contributed by atoms with E-state index < -0.39 is 0 Å². The first kappa shape index (κ1) is 13.5. The molecular formula is C16H14N4. The van der Waals surface area contributed by atoms with Crippen molar-refractivity contribution in [1.82, 2.24) is 0 Å². The zero-order valence-corrected chi connectivity index (χ0v) is 11.0. The van der Waals surface area contributed by atoms with E-state index in [9.17, 15) is 0 Å². The maximum atomic E-state index is 8.92. The van der Waals surface area contributed by atoms with Crippen LogP contribution in [0.2, 0.25) is 0 Å². The van der Waals surface area contributed by atoms with Gasteiger partial charge in [0.05, 0.1) is 23.7 Å². The molecule has 20 heavy (non-hydrogen) atoms. The summed E-state index contributed by atoms with van der Waals surface area (Å²) in [5.74, 6) is 0. The summed E-state index contributed by atoms with van der Waals surface area (Å²) in [5, 5.41) is 17.7. The Bertz CT molecular complexity index is 665. The number of hydrogen-bond donors (Lipinski definition) is 1. The topological polar surface area (TPSA) is 76.8 Å². The van der Waals surface area contributed by atoms with Crippen LogP contribution in [0.1, 0.15) is 12.0 Å². The SMILES string of the molecule is N#CCCN(c1ccccc1)c1ccc(C#N)c(N)c1. The molecule has 0 aliphatic rings. The molecule has 0 saturated carbocycles. The molecule has 2 aromatic rings. The molecule has 0 aliphatic heterocycles. The number of nitrogens with two attached hydrogens (primary N) is 1. The first-order valence-corrected chi connectivity index (χ1v) is 6.25. The molecule has 0 amide bonds. The first-order valence-electron chi connectivity index (χ1n) is 6.25. The Labute approximate surface area is 118 Å². The van der Waals surface area contributed by atoms with Crippen LogP contribution in [0.4, 0.5) is 17.1 Å². The number of nitrogen functional groups attached to an aromatic ring is 1. The van der Waals surface area contributed by atoms with Crippen molar-refractivity contribution in [1.29, 1.82) is 10.5 Å². The predicted molar refractivity (Wildman–Crippen MR) is 79.2 cm³/mol. The molecule has 4 nitrogen and oxygen atoms in total. The lowest BCUT2D eigenvalue weighted by Crippen LogP contribution is -2.18. The van der Waals surface area contributed by atoms with E-state index in [2.05, 4.69) is 6.07 Å². The van der Waals surface area contributed by atoms with E-state index in [0.717, 1.165) is 11.4 Å². The molecule has 0 fully saturated rings. The lowest BCUT2D eigenvalue weighted by atomic mass is 10.1. The van der Waals surface area contributed by atoms with Gasteiger partial charge in [-0.05, 0) is 30.3 Å². The molecule has 0 spiro atoms. The lowest BCUT2D eigenvalue weighted by molar-refractivity contribution is 0.948. The van der Waals surface area contributed by atoms with Crippen LogP contribution in [0.25, 0.3) is 0 Å². The van der Waals surface area contributed by atoms with Crippen LogP contribution >= 0.6 is 0 Å². The summed E-state index contributed by atoms with van der Waals surface area (Å²) in [4.78, 5) is 2.01. The quantitative estimate of drug-likeness (QED) is 0.858. The van der Waals surface area contributed by atoms with Crippen LogP contribution in [0, 0.1) is 22.7 Å². The van der Waals surface area contributed by atoms with Gasteiger partial charge in [-0.2, -0.15) is 10.5 Å². The third-order valence-corrected chi connectivity index (χ3v) is 2.98. The van der Waals surface area contributed by atoms with Crippen LogP contribution in [-0.2, 0) is 0 Å². The highest BCUT2D eigenvalue weighted by molar-refractivity contribution is 5.69. The molecule has 2 N–H and O–H groups in total. The fourth-order valence-corrected chi connectivity index (χ4v) is 2.00. The van der Waals surface area contributed by atoms with Gasteiger partial charge >= 0.3 is 0 Å². The Balaban J connectivity index is 2.40. The minimum absolute atomic E-state index is 0.412. The summed E-state index contributed by atoms with van der Waals surface area (Å²) >= 11 is 0. The molecule has 0 saturated heterocycles. The van der Waals surface area contributed by atoms with Gasteiger partial charge in [0.1, 0.15) is 6.07 Å². The molecule has 2 rings (SSSR count). The monoisotopic (exact) mass is 262 g/mol. The molecule has 2 aromatic carbocycles. The Morgan fingerprint density at radius 1 is 1.00 bits per heavy atom. The zero-order valence-electron chi connectivity index (χ0n) is 11.0. The Kier molecular flexibility index (Phi) is 4.21. The third kappa shape index (κ3) is 2.88. The van der Waals surface area contributed by atoms with E-state index in [1.165, 1.54) is 0 Å². The minimum Gasteiger partial charge on any atom is -0.398 e. The largest absolute Gasteiger partial charge is 0.398 e. The average Bonchev–Trinajstić information content (AvgIpc) is 2.49. The third-order valence-electron chi connectivity index (χ3n) is 2.98. The van der Waals surface area contributed by atoms with E-state index >= 15 is 0 Å². The van der Waals surface area contributed by atoms with Crippen LogP contribution in [-0.4, -0.2) is 6.54 Å². The van der Waals surface area contributed by atoms with Crippen molar-refractivity contribution >= 4 is 17.1 Å². The Hall–Kier alpha value is -2.98. The number of nitriles is 2. The van der Waals surface area contributed by atoms with Crippen molar-refractivity contribution in [2.24, 2.45) is 0 Å². The van der Waals surface area contributed by atoms with Gasteiger partial charge in [-0.3, -0.25) is 0 Å². The van der Waals surface area contributed by atoms with E-state index in [-0.39, 0.29) is 0 Å². The molecule has 0 unspecified atom stereocenters. The van der Waals surface area contributed by atoms with Crippen molar-refractivity contribution < 1.29 is 0 Å². The molecule has 0 aromatic heterocycles. The van der Waals surface area contributed by atoms with Gasteiger partial charge in [0, 0.05) is 17.9 Å². The van der Waals surface area contributed by atoms with Gasteiger partial charge in [-0.15, -0.1) is 0 Å². The van der Waals surface area contributed by atoms with Crippen molar-refractivity contribution in [3.63, 3.8) is 0 Å². The van der Waals surface area contributed by atoms with Crippen molar-refractivity contribution in [3.8, 4) is 12.1 Å². The zero-order chi connectivity index (χ0) is 14.4. The van der Waals surface area contributed by atoms with Crippen molar-refractivity contribution in [3.05, 3.63) is 54.1 Å². The van der Waals surface area contributed by atoms with Gasteiger partial charge in [-0.25, -0.2) is 0 Å². The summed E-state index contributed by atoms with van der Waals surface area (Å²) in [6, 6.07) is 19.3. The Morgan fingerprint density at radius 3 is 2.35 bits per heavy atom. The normalized spacial score (nSPS) is 9.50. The van der Waals surface area contributed by atoms with Crippen molar-refractivity contribution in [2.75, 3.05) is 17.2 Å². The summed E-state index contributed by atoms with van der Waals surface area (Å²) < 4.78 is 0. The molecule has 98 valence electrons. The summed E-state index contributed by atoms with van der Waals surface area (Å²) in [5.41, 5.74) is 8.64. The smallest absolute Gasteiger partial charge is 0.101 e. The fourth-order valence-electron chi connectivity index (χ4n) is 2.00. The molecule has 0 bridgehead atoms. The highest BCUT2D eigenvalue weighted by atomic mass is 15.1. The predicted octanol–water partition coefficient (Wildman–Crippen LogP) is 3.19. The minimum atomic E-state index is 0.412. The Morgan fingerprint density at radius 2 is 1.75 bits per heavy atom. The summed E-state index contributed by atoms with van der Waals surface area (Å²) in [6.45, 7) is 0.575. The molecule has 0 aliphatic carbocycles. The number of benzene rings is 2. The van der Waals surface area contributed by atoms with E-state index in [1.807, 2.05) is 47.4 Å². The van der Waals surface area contributed by atoms with Gasteiger partial charge in [-0.1, -0.05) is 18.2 Å². The van der Waals surface area contributed by atoms with Crippen molar-refractivity contribution in [2.45, 2.75) is 6.42 Å². The molecule has 0 heterocycles. The second-order valence-corrected chi connectivity index (χ2v) is 4.28. The first-order chi connectivity index (χ1) is 9.76. The maximum absolute atomic E-state index is 8.92. The molecule has 0 radical (unpaired) electrons. The number of rotatable bonds is 4. The second kappa shape index (κ2) is 6.26. The highest BCUT2D eigenvalue weighted by Crippen LogP contribution is 2.28. The molecule has 0 atom stereocenters. The number of para-hydroxylation sites is 1. The maximum Gasteiger partial charge on any atom is 0.101 e. The fraction of sp³-hybridized carbons (Fsp3) is 0.125. The average molecular weight is 262 g/mol. The number of hydrogen-bond acceptors (Lipinski definition) is 4. The van der Waals surface area contributed by atoms with E-state index in [4.69, 9.17) is 16.3 Å². The van der Waals surface area contributed by atoms with Crippen LogP contribution < -0.4 is 10.6 Å². The van der Waals surface area contributed by atoms with Gasteiger partial charge in [0.25, 0.3) is 0 Å². The highest BCUT2D eigenvalue weighted by Gasteiger charge is 2.10. The van der Waals surface area contributed by atoms with Crippen LogP contribution in [0.3, 0.4) is 0 Å². The van der Waals surface area contributed by atoms with E-state index in [1.54, 1.807) is 12.1 Å². The van der Waals surface area contributed by atoms with Crippen LogP contribution in [0.5, 0.6) is 0 Å². The molecule has 4 heteroatoms. The lowest BCUT2D eigenvalue weighted by Gasteiger charge is -2.24. The van der Waals surface area contributed by atoms with Gasteiger partial charge in [0.2, 0.25) is 0 Å². The van der Waals surface area contributed by atoms with Crippen LogP contribution in [0.15, 0.2) is 48.5 Å². The van der Waals surface area contributed by atoms with Gasteiger partial charge < -0.3 is 10.6 Å². The second-order valence-electron chi connectivity index (χ2n) is 4.28. The molecular weight excluding hydrogens is 248 g/mol. The number of anilines is 3. The standard InChI is InChI=1S/C16H14N4/c17-9-4-10-20(14-5-2-1-3-6-14)15-8-7-13(12-18)16(19)11-15/h1-3,5-8,11H,4,10,19H2. The van der Waals surface area contributed by atoms with Gasteiger partial charge in [0.15, 0.2) is 0 Å². The summed E-state index contributed by atoms with van der Waals surface area (Å²) in [7, 11) is 0. The number of nitrogens with zero attached hydrogens (tertiary/aromatic N) is 3.